The number of rotatable bonds is 5. The zero-order valence-electron chi connectivity index (χ0n) is 10.2. The fourth-order valence-electron chi connectivity index (χ4n) is 1.80. The van der Waals surface area contributed by atoms with Gasteiger partial charge in [-0.15, -0.1) is 5.10 Å². The van der Waals surface area contributed by atoms with Crippen molar-refractivity contribution < 1.29 is 0 Å². The molecule has 1 heterocycles. The van der Waals surface area contributed by atoms with Crippen molar-refractivity contribution in [2.75, 3.05) is 6.54 Å². The second-order valence-corrected chi connectivity index (χ2v) is 4.81. The molecule has 0 bridgehead atoms. The first-order chi connectivity index (χ1) is 8.33. The van der Waals surface area contributed by atoms with Crippen LogP contribution in [0.1, 0.15) is 35.5 Å². The van der Waals surface area contributed by atoms with E-state index in [0.29, 0.717) is 0 Å². The van der Waals surface area contributed by atoms with Gasteiger partial charge in [0.05, 0.1) is 16.6 Å². The van der Waals surface area contributed by atoms with Gasteiger partial charge >= 0.3 is 0 Å². The first-order valence-corrected chi connectivity index (χ1v) is 6.67. The summed E-state index contributed by atoms with van der Waals surface area (Å²) in [6.45, 7) is 5.19. The third-order valence-corrected chi connectivity index (χ3v) is 3.57. The summed E-state index contributed by atoms with van der Waals surface area (Å²) in [5.41, 5.74) is 2.29. The molecule has 90 valence electrons. The minimum atomic E-state index is 0.219. The number of hydrogen-bond donors (Lipinski definition) is 1. The Bertz CT molecular complexity index is 453. The molecule has 3 nitrogen and oxygen atoms in total. The standard InChI is InChI=1S/C13H17N3S/c1-3-9-14-12(11-7-5-4-6-8-11)13-10(2)15-16-17-13/h4-8,12,14H,3,9H2,1-2H3. The average Bonchev–Trinajstić information content (AvgIpc) is 2.78. The van der Waals surface area contributed by atoms with E-state index in [-0.39, 0.29) is 6.04 Å². The van der Waals surface area contributed by atoms with Crippen molar-refractivity contribution in [2.45, 2.75) is 26.3 Å². The zero-order valence-corrected chi connectivity index (χ0v) is 11.0. The predicted octanol–water partition coefficient (Wildman–Crippen LogP) is 2.94. The summed E-state index contributed by atoms with van der Waals surface area (Å²) in [6, 6.07) is 10.7. The Morgan fingerprint density at radius 1 is 1.29 bits per heavy atom. The van der Waals surface area contributed by atoms with Crippen LogP contribution in [0.4, 0.5) is 0 Å². The van der Waals surface area contributed by atoms with Crippen LogP contribution >= 0.6 is 11.5 Å². The van der Waals surface area contributed by atoms with Crippen LogP contribution in [0.2, 0.25) is 0 Å². The topological polar surface area (TPSA) is 37.8 Å². The smallest absolute Gasteiger partial charge is 0.0776 e. The fraction of sp³-hybridized carbons (Fsp3) is 0.385. The molecular formula is C13H17N3S. The van der Waals surface area contributed by atoms with Gasteiger partial charge in [-0.2, -0.15) is 0 Å². The normalized spacial score (nSPS) is 12.6. The molecule has 1 aromatic heterocycles. The molecule has 1 atom stereocenters. The lowest BCUT2D eigenvalue weighted by Crippen LogP contribution is -2.23. The summed E-state index contributed by atoms with van der Waals surface area (Å²) in [7, 11) is 0. The van der Waals surface area contributed by atoms with Gasteiger partial charge in [0.2, 0.25) is 0 Å². The molecule has 0 aliphatic heterocycles. The molecule has 1 aromatic carbocycles. The van der Waals surface area contributed by atoms with Crippen LogP contribution < -0.4 is 5.32 Å². The van der Waals surface area contributed by atoms with E-state index in [4.69, 9.17) is 0 Å². The lowest BCUT2D eigenvalue weighted by atomic mass is 10.0. The number of aryl methyl sites for hydroxylation is 1. The highest BCUT2D eigenvalue weighted by Gasteiger charge is 2.18. The minimum absolute atomic E-state index is 0.219. The second kappa shape index (κ2) is 5.89. The Labute approximate surface area is 106 Å². The SMILES string of the molecule is CCCNC(c1ccccc1)c1snnc1C. The Morgan fingerprint density at radius 3 is 2.65 bits per heavy atom. The highest BCUT2D eigenvalue weighted by molar-refractivity contribution is 7.05. The summed E-state index contributed by atoms with van der Waals surface area (Å²) in [6.07, 6.45) is 1.12. The molecule has 2 rings (SSSR count). The van der Waals surface area contributed by atoms with E-state index in [2.05, 4.69) is 46.1 Å². The molecule has 1 N–H and O–H groups in total. The number of benzene rings is 1. The van der Waals surface area contributed by atoms with E-state index in [9.17, 15) is 0 Å². The van der Waals surface area contributed by atoms with Crippen LogP contribution in [0.5, 0.6) is 0 Å². The quantitative estimate of drug-likeness (QED) is 0.882. The van der Waals surface area contributed by atoms with Crippen molar-refractivity contribution in [1.82, 2.24) is 14.9 Å². The summed E-state index contributed by atoms with van der Waals surface area (Å²) in [4.78, 5) is 1.21. The molecular weight excluding hydrogens is 230 g/mol. The molecule has 0 amide bonds. The zero-order chi connectivity index (χ0) is 12.1. The van der Waals surface area contributed by atoms with Gasteiger partial charge < -0.3 is 5.32 Å². The van der Waals surface area contributed by atoms with Crippen LogP contribution in [-0.4, -0.2) is 16.1 Å². The maximum absolute atomic E-state index is 4.10. The summed E-state index contributed by atoms with van der Waals surface area (Å²) < 4.78 is 4.03. The number of aromatic nitrogens is 2. The van der Waals surface area contributed by atoms with Crippen molar-refractivity contribution >= 4 is 11.5 Å². The van der Waals surface area contributed by atoms with Crippen LogP contribution in [0.15, 0.2) is 30.3 Å². The lowest BCUT2D eigenvalue weighted by Gasteiger charge is -2.17. The second-order valence-electron chi connectivity index (χ2n) is 4.02. The summed E-state index contributed by atoms with van der Waals surface area (Å²) in [5.74, 6) is 0. The molecule has 17 heavy (non-hydrogen) atoms. The van der Waals surface area contributed by atoms with Crippen LogP contribution in [0.25, 0.3) is 0 Å². The summed E-state index contributed by atoms with van der Waals surface area (Å²) >= 11 is 1.48. The average molecular weight is 247 g/mol. The van der Waals surface area contributed by atoms with E-state index in [1.54, 1.807) is 0 Å². The molecule has 2 aromatic rings. The van der Waals surface area contributed by atoms with E-state index in [1.807, 2.05) is 13.0 Å². The largest absolute Gasteiger partial charge is 0.305 e. The van der Waals surface area contributed by atoms with Gasteiger partial charge in [0.1, 0.15) is 0 Å². The van der Waals surface area contributed by atoms with Gasteiger partial charge in [0.15, 0.2) is 0 Å². The maximum atomic E-state index is 4.10. The first-order valence-electron chi connectivity index (χ1n) is 5.90. The van der Waals surface area contributed by atoms with Crippen molar-refractivity contribution in [3.05, 3.63) is 46.5 Å². The molecule has 1 unspecified atom stereocenters. The van der Waals surface area contributed by atoms with Crippen molar-refractivity contribution in [3.63, 3.8) is 0 Å². The van der Waals surface area contributed by atoms with Gasteiger partial charge in [-0.3, -0.25) is 0 Å². The highest BCUT2D eigenvalue weighted by Crippen LogP contribution is 2.26. The monoisotopic (exact) mass is 247 g/mol. The lowest BCUT2D eigenvalue weighted by molar-refractivity contribution is 0.602. The van der Waals surface area contributed by atoms with Crippen LogP contribution in [0.3, 0.4) is 0 Å². The van der Waals surface area contributed by atoms with Gasteiger partial charge in [-0.25, -0.2) is 0 Å². The minimum Gasteiger partial charge on any atom is -0.305 e. The van der Waals surface area contributed by atoms with Gasteiger partial charge in [0, 0.05) is 0 Å². The third-order valence-electron chi connectivity index (χ3n) is 2.68. The van der Waals surface area contributed by atoms with Gasteiger partial charge in [0.25, 0.3) is 0 Å². The number of nitrogens with one attached hydrogen (secondary N) is 1. The molecule has 0 fully saturated rings. The fourth-order valence-corrected chi connectivity index (χ4v) is 2.55. The molecule has 0 spiro atoms. The van der Waals surface area contributed by atoms with E-state index < -0.39 is 0 Å². The Balaban J connectivity index is 2.29. The molecule has 4 heteroatoms. The van der Waals surface area contributed by atoms with Crippen LogP contribution in [-0.2, 0) is 0 Å². The first kappa shape index (κ1) is 12.2. The van der Waals surface area contributed by atoms with Crippen molar-refractivity contribution in [1.29, 1.82) is 0 Å². The maximum Gasteiger partial charge on any atom is 0.0776 e. The number of hydrogen-bond acceptors (Lipinski definition) is 4. The van der Waals surface area contributed by atoms with E-state index >= 15 is 0 Å². The molecule has 0 aliphatic rings. The Kier molecular flexibility index (Phi) is 4.23. The predicted molar refractivity (Wildman–Crippen MR) is 71.2 cm³/mol. The molecule has 0 saturated carbocycles. The molecule has 0 radical (unpaired) electrons. The van der Waals surface area contributed by atoms with Gasteiger partial charge in [-0.1, -0.05) is 41.7 Å². The Morgan fingerprint density at radius 2 is 2.06 bits per heavy atom. The van der Waals surface area contributed by atoms with Crippen molar-refractivity contribution in [3.8, 4) is 0 Å². The number of nitrogens with zero attached hydrogens (tertiary/aromatic N) is 2. The van der Waals surface area contributed by atoms with Crippen LogP contribution in [0, 0.1) is 6.92 Å². The summed E-state index contributed by atoms with van der Waals surface area (Å²) in [5, 5.41) is 7.66. The Hall–Kier alpha value is -1.26. The third kappa shape index (κ3) is 2.90. The van der Waals surface area contributed by atoms with E-state index in [0.717, 1.165) is 18.7 Å². The highest BCUT2D eigenvalue weighted by atomic mass is 32.1. The van der Waals surface area contributed by atoms with Crippen molar-refractivity contribution in [2.24, 2.45) is 0 Å². The van der Waals surface area contributed by atoms with E-state index in [1.165, 1.54) is 22.0 Å². The molecule has 0 saturated heterocycles. The van der Waals surface area contributed by atoms with Gasteiger partial charge in [-0.05, 0) is 37.0 Å². The molecule has 0 aliphatic carbocycles.